The highest BCUT2D eigenvalue weighted by molar-refractivity contribution is 7.99. The summed E-state index contributed by atoms with van der Waals surface area (Å²) < 4.78 is 6.64. The van der Waals surface area contributed by atoms with Crippen LogP contribution in [0.25, 0.3) is 0 Å². The normalized spacial score (nSPS) is 28.4. The maximum absolute atomic E-state index is 6.01. The van der Waals surface area contributed by atoms with Crippen LogP contribution in [0.15, 0.2) is 17.3 Å². The van der Waals surface area contributed by atoms with Gasteiger partial charge in [-0.05, 0) is 30.6 Å². The molecule has 0 aromatic carbocycles. The summed E-state index contributed by atoms with van der Waals surface area (Å²) in [6.45, 7) is 0.622. The molecule has 2 aliphatic rings. The third kappa shape index (κ3) is 2.65. The van der Waals surface area contributed by atoms with Crippen molar-refractivity contribution in [2.24, 2.45) is 17.8 Å². The van der Waals surface area contributed by atoms with Crippen LogP contribution in [0.1, 0.15) is 18.7 Å². The lowest BCUT2D eigenvalue weighted by Crippen LogP contribution is -2.16. The van der Waals surface area contributed by atoms with E-state index in [1.807, 2.05) is 0 Å². The summed E-state index contributed by atoms with van der Waals surface area (Å²) in [5.74, 6) is 10.3. The summed E-state index contributed by atoms with van der Waals surface area (Å²) in [5.41, 5.74) is 0. The predicted octanol–water partition coefficient (Wildman–Crippen LogP) is 1.49. The second kappa shape index (κ2) is 5.54. The molecule has 5 nitrogen and oxygen atoms in total. The molecular formula is C13H20N4OS. The van der Waals surface area contributed by atoms with E-state index in [0.717, 1.165) is 34.5 Å². The molecule has 1 aromatic rings. The number of nitrogens with two attached hydrogens (primary N) is 1. The maximum Gasteiger partial charge on any atom is 0.209 e. The molecule has 0 spiro atoms. The van der Waals surface area contributed by atoms with Crippen LogP contribution in [0, 0.1) is 17.8 Å². The van der Waals surface area contributed by atoms with E-state index in [-0.39, 0.29) is 0 Å². The Balaban J connectivity index is 1.55. The molecule has 1 aromatic heterocycles. The molecule has 104 valence electrons. The minimum absolute atomic E-state index is 0.622. The minimum atomic E-state index is 0.622. The maximum atomic E-state index is 6.01. The first-order chi connectivity index (χ1) is 9.28. The number of ether oxygens (including phenoxy) is 1. The van der Waals surface area contributed by atoms with Gasteiger partial charge < -0.3 is 10.6 Å². The number of thioether (sulfide) groups is 1. The largest absolute Gasteiger partial charge is 0.384 e. The Bertz CT molecular complexity index is 473. The van der Waals surface area contributed by atoms with Crippen LogP contribution in [0.2, 0.25) is 0 Å². The quantitative estimate of drug-likeness (QED) is 0.486. The van der Waals surface area contributed by atoms with Crippen molar-refractivity contribution in [3.05, 3.63) is 18.0 Å². The molecule has 19 heavy (non-hydrogen) atoms. The van der Waals surface area contributed by atoms with Crippen molar-refractivity contribution in [2.45, 2.75) is 24.4 Å². The van der Waals surface area contributed by atoms with Crippen LogP contribution >= 0.6 is 11.8 Å². The molecule has 0 radical (unpaired) electrons. The number of allylic oxidation sites excluding steroid dienone is 2. The highest BCUT2D eigenvalue weighted by Crippen LogP contribution is 2.45. The SMILES string of the molecule is COCCc1nnc(SC[C@@H]2C[C@H]3C=C[C@@H]2C3)n1N. The topological polar surface area (TPSA) is 66.0 Å². The van der Waals surface area contributed by atoms with E-state index < -0.39 is 0 Å². The summed E-state index contributed by atoms with van der Waals surface area (Å²) in [5, 5.41) is 9.11. The first-order valence-corrected chi connectivity index (χ1v) is 7.76. The van der Waals surface area contributed by atoms with E-state index in [1.165, 1.54) is 12.8 Å². The number of aromatic nitrogens is 3. The van der Waals surface area contributed by atoms with Gasteiger partial charge in [0.15, 0.2) is 5.82 Å². The van der Waals surface area contributed by atoms with Crippen molar-refractivity contribution in [3.63, 3.8) is 0 Å². The van der Waals surface area contributed by atoms with Gasteiger partial charge in [0.05, 0.1) is 6.61 Å². The first-order valence-electron chi connectivity index (χ1n) is 6.77. The van der Waals surface area contributed by atoms with E-state index >= 15 is 0 Å². The van der Waals surface area contributed by atoms with Crippen molar-refractivity contribution in [1.29, 1.82) is 0 Å². The predicted molar refractivity (Wildman–Crippen MR) is 75.3 cm³/mol. The molecule has 0 aliphatic heterocycles. The van der Waals surface area contributed by atoms with Crippen molar-refractivity contribution in [3.8, 4) is 0 Å². The van der Waals surface area contributed by atoms with Gasteiger partial charge in [-0.3, -0.25) is 0 Å². The number of methoxy groups -OCH3 is 1. The zero-order chi connectivity index (χ0) is 13.2. The van der Waals surface area contributed by atoms with E-state index in [1.54, 1.807) is 23.5 Å². The third-order valence-corrected chi connectivity index (χ3v) is 5.24. The first kappa shape index (κ1) is 13.0. The Morgan fingerprint density at radius 1 is 1.42 bits per heavy atom. The zero-order valence-electron chi connectivity index (χ0n) is 11.2. The third-order valence-electron chi connectivity index (χ3n) is 4.11. The smallest absolute Gasteiger partial charge is 0.209 e. The van der Waals surface area contributed by atoms with Crippen LogP contribution in [0.3, 0.4) is 0 Å². The standard InChI is InChI=1S/C13H20N4OS/c1-18-5-4-12-15-16-13(17(12)14)19-8-11-7-9-2-3-10(11)6-9/h2-3,9-11H,4-8,14H2,1H3/t9-,10+,11-/m0/s1. The van der Waals surface area contributed by atoms with Crippen molar-refractivity contribution in [1.82, 2.24) is 14.9 Å². The Morgan fingerprint density at radius 3 is 3.00 bits per heavy atom. The van der Waals surface area contributed by atoms with E-state index in [0.29, 0.717) is 13.0 Å². The molecule has 1 fully saturated rings. The molecule has 0 amide bonds. The number of nitrogens with zero attached hydrogens (tertiary/aromatic N) is 3. The Kier molecular flexibility index (Phi) is 3.79. The molecule has 2 bridgehead atoms. The highest BCUT2D eigenvalue weighted by atomic mass is 32.2. The van der Waals surface area contributed by atoms with E-state index in [9.17, 15) is 0 Å². The van der Waals surface area contributed by atoms with Gasteiger partial charge >= 0.3 is 0 Å². The molecule has 2 N–H and O–H groups in total. The number of hydrogen-bond acceptors (Lipinski definition) is 5. The molecule has 0 unspecified atom stereocenters. The number of nitrogen functional groups attached to an aromatic ring is 1. The van der Waals surface area contributed by atoms with Crippen molar-refractivity contribution >= 4 is 11.8 Å². The average Bonchev–Trinajstić information content (AvgIpc) is 3.10. The second-order valence-electron chi connectivity index (χ2n) is 5.36. The van der Waals surface area contributed by atoms with Crippen LogP contribution < -0.4 is 5.84 Å². The number of hydrogen-bond donors (Lipinski definition) is 1. The summed E-state index contributed by atoms with van der Waals surface area (Å²) in [7, 11) is 1.68. The fourth-order valence-corrected chi connectivity index (χ4v) is 4.13. The summed E-state index contributed by atoms with van der Waals surface area (Å²) in [6, 6.07) is 0. The molecule has 2 aliphatic carbocycles. The Labute approximate surface area is 117 Å². The minimum Gasteiger partial charge on any atom is -0.384 e. The van der Waals surface area contributed by atoms with Gasteiger partial charge in [-0.1, -0.05) is 23.9 Å². The fourth-order valence-electron chi connectivity index (χ4n) is 3.04. The lowest BCUT2D eigenvalue weighted by atomic mass is 9.96. The lowest BCUT2D eigenvalue weighted by molar-refractivity contribution is 0.200. The van der Waals surface area contributed by atoms with Gasteiger partial charge in [-0.25, -0.2) is 4.68 Å². The fraction of sp³-hybridized carbons (Fsp3) is 0.692. The molecule has 1 saturated carbocycles. The van der Waals surface area contributed by atoms with Crippen molar-refractivity contribution < 1.29 is 4.74 Å². The average molecular weight is 280 g/mol. The lowest BCUT2D eigenvalue weighted by Gasteiger charge is -2.16. The summed E-state index contributed by atoms with van der Waals surface area (Å²) >= 11 is 1.73. The van der Waals surface area contributed by atoms with E-state index in [2.05, 4.69) is 22.3 Å². The summed E-state index contributed by atoms with van der Waals surface area (Å²) in [4.78, 5) is 0. The van der Waals surface area contributed by atoms with Gasteiger partial charge in [0.1, 0.15) is 0 Å². The van der Waals surface area contributed by atoms with Crippen LogP contribution in [-0.2, 0) is 11.2 Å². The molecule has 0 saturated heterocycles. The highest BCUT2D eigenvalue weighted by Gasteiger charge is 2.35. The molecule has 3 rings (SSSR count). The van der Waals surface area contributed by atoms with Gasteiger partial charge in [-0.15, -0.1) is 10.2 Å². The van der Waals surface area contributed by atoms with Gasteiger partial charge in [-0.2, -0.15) is 0 Å². The van der Waals surface area contributed by atoms with E-state index in [4.69, 9.17) is 10.6 Å². The molecule has 3 atom stereocenters. The van der Waals surface area contributed by atoms with Crippen molar-refractivity contribution in [2.75, 3.05) is 25.3 Å². The van der Waals surface area contributed by atoms with Crippen LogP contribution in [0.5, 0.6) is 0 Å². The van der Waals surface area contributed by atoms with Gasteiger partial charge in [0.2, 0.25) is 5.16 Å². The monoisotopic (exact) mass is 280 g/mol. The Hall–Kier alpha value is -1.01. The second-order valence-corrected chi connectivity index (χ2v) is 6.35. The van der Waals surface area contributed by atoms with Crippen LogP contribution in [0.4, 0.5) is 0 Å². The van der Waals surface area contributed by atoms with Crippen LogP contribution in [-0.4, -0.2) is 34.3 Å². The molecular weight excluding hydrogens is 260 g/mol. The molecule has 6 heteroatoms. The van der Waals surface area contributed by atoms with Gasteiger partial charge in [0, 0.05) is 19.3 Å². The Morgan fingerprint density at radius 2 is 2.32 bits per heavy atom. The zero-order valence-corrected chi connectivity index (χ0v) is 12.0. The number of rotatable bonds is 6. The van der Waals surface area contributed by atoms with Gasteiger partial charge in [0.25, 0.3) is 0 Å². The number of fused-ring (bicyclic) bond motifs is 2. The summed E-state index contributed by atoms with van der Waals surface area (Å²) in [6.07, 6.45) is 8.14. The molecule has 1 heterocycles.